The lowest BCUT2D eigenvalue weighted by atomic mass is 10.2. The number of likely N-dealkylation sites (tertiary alicyclic amines) is 1. The molecule has 1 heterocycles. The van der Waals surface area contributed by atoms with Crippen LogP contribution in [0.3, 0.4) is 0 Å². The van der Waals surface area contributed by atoms with Gasteiger partial charge in [-0.3, -0.25) is 4.79 Å². The molecule has 1 unspecified atom stereocenters. The molecule has 3 nitrogen and oxygen atoms in total. The molecule has 3 rings (SSSR count). The lowest BCUT2D eigenvalue weighted by Gasteiger charge is -2.17. The highest BCUT2D eigenvalue weighted by Gasteiger charge is 2.28. The van der Waals surface area contributed by atoms with Crippen molar-refractivity contribution in [3.05, 3.63) is 71.5 Å². The zero-order valence-corrected chi connectivity index (χ0v) is 12.2. The molecule has 4 heteroatoms. The lowest BCUT2D eigenvalue weighted by molar-refractivity contribution is 0.0436. The van der Waals surface area contributed by atoms with Gasteiger partial charge in [-0.2, -0.15) is 0 Å². The second-order valence-corrected chi connectivity index (χ2v) is 5.44. The number of benzene rings is 2. The second kappa shape index (κ2) is 6.71. The van der Waals surface area contributed by atoms with Gasteiger partial charge in [0.15, 0.2) is 0 Å². The summed E-state index contributed by atoms with van der Waals surface area (Å²) < 4.78 is 19.5. The van der Waals surface area contributed by atoms with Crippen LogP contribution in [0.4, 0.5) is 4.39 Å². The Labute approximate surface area is 129 Å². The maximum atomic E-state index is 13.7. The summed E-state index contributed by atoms with van der Waals surface area (Å²) >= 11 is 0. The van der Waals surface area contributed by atoms with Crippen molar-refractivity contribution in [2.45, 2.75) is 19.1 Å². The van der Waals surface area contributed by atoms with Crippen LogP contribution < -0.4 is 0 Å². The molecule has 0 aliphatic carbocycles. The van der Waals surface area contributed by atoms with Gasteiger partial charge in [-0.25, -0.2) is 4.39 Å². The summed E-state index contributed by atoms with van der Waals surface area (Å²) in [5.41, 5.74) is 1.24. The molecule has 1 amide bonds. The SMILES string of the molecule is O=C(c1ccccc1F)N1CCC(OCc2ccccc2)C1. The predicted molar refractivity (Wildman–Crippen MR) is 81.9 cm³/mol. The summed E-state index contributed by atoms with van der Waals surface area (Å²) in [7, 11) is 0. The van der Waals surface area contributed by atoms with E-state index >= 15 is 0 Å². The molecule has 1 aliphatic heterocycles. The Bertz CT molecular complexity index is 645. The fourth-order valence-electron chi connectivity index (χ4n) is 2.64. The van der Waals surface area contributed by atoms with E-state index in [1.54, 1.807) is 17.0 Å². The Morgan fingerprint density at radius 3 is 2.64 bits per heavy atom. The van der Waals surface area contributed by atoms with Crippen LogP contribution in [0, 0.1) is 5.82 Å². The van der Waals surface area contributed by atoms with Gasteiger partial charge in [-0.15, -0.1) is 0 Å². The molecule has 0 aromatic heterocycles. The van der Waals surface area contributed by atoms with Crippen LogP contribution in [-0.4, -0.2) is 30.0 Å². The van der Waals surface area contributed by atoms with Crippen molar-refractivity contribution in [2.24, 2.45) is 0 Å². The van der Waals surface area contributed by atoms with E-state index in [1.807, 2.05) is 30.3 Å². The third-order valence-corrected chi connectivity index (χ3v) is 3.87. The van der Waals surface area contributed by atoms with Gasteiger partial charge in [0.05, 0.1) is 18.3 Å². The first-order valence-electron chi connectivity index (χ1n) is 7.43. The zero-order valence-electron chi connectivity index (χ0n) is 12.2. The van der Waals surface area contributed by atoms with Crippen LogP contribution >= 0.6 is 0 Å². The monoisotopic (exact) mass is 299 g/mol. The van der Waals surface area contributed by atoms with Gasteiger partial charge >= 0.3 is 0 Å². The highest BCUT2D eigenvalue weighted by atomic mass is 19.1. The van der Waals surface area contributed by atoms with Crippen molar-refractivity contribution in [2.75, 3.05) is 13.1 Å². The molecule has 114 valence electrons. The van der Waals surface area contributed by atoms with Crippen LogP contribution in [0.5, 0.6) is 0 Å². The summed E-state index contributed by atoms with van der Waals surface area (Å²) in [5, 5.41) is 0. The van der Waals surface area contributed by atoms with E-state index < -0.39 is 5.82 Å². The minimum Gasteiger partial charge on any atom is -0.372 e. The normalized spacial score (nSPS) is 17.7. The first-order chi connectivity index (χ1) is 10.7. The summed E-state index contributed by atoms with van der Waals surface area (Å²) in [6, 6.07) is 16.0. The van der Waals surface area contributed by atoms with Crippen molar-refractivity contribution < 1.29 is 13.9 Å². The first-order valence-corrected chi connectivity index (χ1v) is 7.43. The molecule has 2 aromatic rings. The third kappa shape index (κ3) is 3.34. The van der Waals surface area contributed by atoms with E-state index in [9.17, 15) is 9.18 Å². The van der Waals surface area contributed by atoms with Crippen molar-refractivity contribution in [3.8, 4) is 0 Å². The van der Waals surface area contributed by atoms with Crippen LogP contribution in [0.15, 0.2) is 54.6 Å². The Hall–Kier alpha value is -2.20. The molecular formula is C18H18FNO2. The minimum atomic E-state index is -0.471. The van der Waals surface area contributed by atoms with E-state index in [0.717, 1.165) is 12.0 Å². The van der Waals surface area contributed by atoms with E-state index in [1.165, 1.54) is 12.1 Å². The molecule has 0 saturated carbocycles. The smallest absolute Gasteiger partial charge is 0.256 e. The molecule has 1 saturated heterocycles. The second-order valence-electron chi connectivity index (χ2n) is 5.44. The van der Waals surface area contributed by atoms with Crippen LogP contribution in [0.1, 0.15) is 22.3 Å². The number of ether oxygens (including phenoxy) is 1. The van der Waals surface area contributed by atoms with Crippen LogP contribution in [0.2, 0.25) is 0 Å². The first kappa shape index (κ1) is 14.7. The molecule has 2 aromatic carbocycles. The molecular weight excluding hydrogens is 281 g/mol. The molecule has 1 fully saturated rings. The summed E-state index contributed by atoms with van der Waals surface area (Å²) in [6.07, 6.45) is 0.795. The Morgan fingerprint density at radius 1 is 1.14 bits per heavy atom. The van der Waals surface area contributed by atoms with E-state index in [-0.39, 0.29) is 17.6 Å². The average Bonchev–Trinajstić information content (AvgIpc) is 3.03. The molecule has 1 aliphatic rings. The fourth-order valence-corrected chi connectivity index (χ4v) is 2.64. The zero-order chi connectivity index (χ0) is 15.4. The maximum Gasteiger partial charge on any atom is 0.256 e. The molecule has 0 radical (unpaired) electrons. The number of carbonyl (C=O) groups is 1. The molecule has 0 spiro atoms. The van der Waals surface area contributed by atoms with Gasteiger partial charge in [0.25, 0.3) is 5.91 Å². The van der Waals surface area contributed by atoms with Crippen molar-refractivity contribution in [1.29, 1.82) is 0 Å². The molecule has 22 heavy (non-hydrogen) atoms. The number of hydrogen-bond acceptors (Lipinski definition) is 2. The molecule has 0 N–H and O–H groups in total. The van der Waals surface area contributed by atoms with E-state index in [0.29, 0.717) is 19.7 Å². The van der Waals surface area contributed by atoms with Crippen molar-refractivity contribution >= 4 is 5.91 Å². The van der Waals surface area contributed by atoms with Crippen molar-refractivity contribution in [3.63, 3.8) is 0 Å². The maximum absolute atomic E-state index is 13.7. The number of halogens is 1. The number of hydrogen-bond donors (Lipinski definition) is 0. The Morgan fingerprint density at radius 2 is 1.86 bits per heavy atom. The molecule has 1 atom stereocenters. The van der Waals surface area contributed by atoms with Crippen molar-refractivity contribution in [1.82, 2.24) is 4.90 Å². The Balaban J connectivity index is 1.56. The van der Waals surface area contributed by atoms with Gasteiger partial charge in [-0.05, 0) is 24.1 Å². The largest absolute Gasteiger partial charge is 0.372 e. The highest BCUT2D eigenvalue weighted by Crippen LogP contribution is 2.18. The standard InChI is InChI=1S/C18H18FNO2/c19-17-9-5-4-8-16(17)18(21)20-11-10-15(12-20)22-13-14-6-2-1-3-7-14/h1-9,15H,10-13H2. The fraction of sp³-hybridized carbons (Fsp3) is 0.278. The quantitative estimate of drug-likeness (QED) is 0.867. The van der Waals surface area contributed by atoms with Gasteiger partial charge in [0.2, 0.25) is 0 Å². The minimum absolute atomic E-state index is 0.0101. The van der Waals surface area contributed by atoms with Crippen LogP contribution in [-0.2, 0) is 11.3 Å². The van der Waals surface area contributed by atoms with Gasteiger partial charge in [-0.1, -0.05) is 42.5 Å². The molecule has 0 bridgehead atoms. The van der Waals surface area contributed by atoms with Gasteiger partial charge < -0.3 is 9.64 Å². The Kier molecular flexibility index (Phi) is 4.49. The van der Waals surface area contributed by atoms with E-state index in [2.05, 4.69) is 0 Å². The van der Waals surface area contributed by atoms with Crippen LogP contribution in [0.25, 0.3) is 0 Å². The number of nitrogens with zero attached hydrogens (tertiary/aromatic N) is 1. The third-order valence-electron chi connectivity index (χ3n) is 3.87. The number of amides is 1. The lowest BCUT2D eigenvalue weighted by Crippen LogP contribution is -2.30. The van der Waals surface area contributed by atoms with Gasteiger partial charge in [0, 0.05) is 13.1 Å². The van der Waals surface area contributed by atoms with Gasteiger partial charge in [0.1, 0.15) is 5.82 Å². The summed E-state index contributed by atoms with van der Waals surface area (Å²) in [6.45, 7) is 1.65. The van der Waals surface area contributed by atoms with E-state index in [4.69, 9.17) is 4.74 Å². The highest BCUT2D eigenvalue weighted by molar-refractivity contribution is 5.94. The topological polar surface area (TPSA) is 29.5 Å². The number of carbonyl (C=O) groups excluding carboxylic acids is 1. The number of rotatable bonds is 4. The average molecular weight is 299 g/mol. The summed E-state index contributed by atoms with van der Waals surface area (Å²) in [4.78, 5) is 14.0. The predicted octanol–water partition coefficient (Wildman–Crippen LogP) is 3.26. The summed E-state index contributed by atoms with van der Waals surface area (Å²) in [5.74, 6) is -0.731.